The van der Waals surface area contributed by atoms with Crippen molar-refractivity contribution in [3.8, 4) is 0 Å². The number of piperidine rings is 1. The van der Waals surface area contributed by atoms with Crippen LogP contribution in [0.15, 0.2) is 0 Å². The van der Waals surface area contributed by atoms with Gasteiger partial charge in [0.15, 0.2) is 0 Å². The molecule has 4 unspecified atom stereocenters. The molecule has 2 nitrogen and oxygen atoms in total. The highest BCUT2D eigenvalue weighted by atomic mass is 15.2. The van der Waals surface area contributed by atoms with Crippen molar-refractivity contribution in [3.05, 3.63) is 0 Å². The fourth-order valence-corrected chi connectivity index (χ4v) is 5.43. The Hall–Kier alpha value is -0.0800. The molecule has 3 rings (SSSR count). The number of nitrogens with one attached hydrogen (secondary N) is 1. The molecule has 4 atom stereocenters. The first-order chi connectivity index (χ1) is 9.12. The topological polar surface area (TPSA) is 15.3 Å². The van der Waals surface area contributed by atoms with Gasteiger partial charge >= 0.3 is 0 Å². The summed E-state index contributed by atoms with van der Waals surface area (Å²) in [7, 11) is 2.17. The van der Waals surface area contributed by atoms with E-state index >= 15 is 0 Å². The molecule has 1 heterocycles. The summed E-state index contributed by atoms with van der Waals surface area (Å²) in [5, 5.41) is 3.63. The lowest BCUT2D eigenvalue weighted by Crippen LogP contribution is -2.49. The van der Waals surface area contributed by atoms with Crippen molar-refractivity contribution < 1.29 is 0 Å². The second-order valence-corrected chi connectivity index (χ2v) is 7.95. The Bertz CT molecular complexity index is 312. The minimum absolute atomic E-state index is 0.490. The number of hydrogen-bond acceptors (Lipinski definition) is 2. The molecule has 3 fully saturated rings. The standard InChI is InChI=1S/C17H32N2/c1-17(2)10-9-14(16(17)18-3)12-19-11-5-7-13-6-4-8-15(13)19/h13-16,18H,4-12H2,1-3H3. The van der Waals surface area contributed by atoms with Gasteiger partial charge in [-0.25, -0.2) is 0 Å². The van der Waals surface area contributed by atoms with E-state index in [0.29, 0.717) is 11.5 Å². The van der Waals surface area contributed by atoms with E-state index in [1.807, 2.05) is 0 Å². The Morgan fingerprint density at radius 1 is 1.11 bits per heavy atom. The van der Waals surface area contributed by atoms with Crippen LogP contribution in [0.25, 0.3) is 0 Å². The maximum absolute atomic E-state index is 3.63. The molecule has 2 aliphatic carbocycles. The molecule has 0 aromatic carbocycles. The lowest BCUT2D eigenvalue weighted by atomic mass is 9.84. The van der Waals surface area contributed by atoms with E-state index in [1.165, 1.54) is 58.0 Å². The summed E-state index contributed by atoms with van der Waals surface area (Å²) in [6.07, 6.45) is 10.2. The van der Waals surface area contributed by atoms with Crippen molar-refractivity contribution in [2.45, 2.75) is 70.9 Å². The third kappa shape index (κ3) is 2.58. The van der Waals surface area contributed by atoms with Crippen molar-refractivity contribution in [2.75, 3.05) is 20.1 Å². The van der Waals surface area contributed by atoms with Gasteiger partial charge in [-0.2, -0.15) is 0 Å². The summed E-state index contributed by atoms with van der Waals surface area (Å²) in [5.41, 5.74) is 0.490. The van der Waals surface area contributed by atoms with Gasteiger partial charge in [0, 0.05) is 18.6 Å². The largest absolute Gasteiger partial charge is 0.316 e. The van der Waals surface area contributed by atoms with Crippen molar-refractivity contribution >= 4 is 0 Å². The third-order valence-corrected chi connectivity index (χ3v) is 6.36. The van der Waals surface area contributed by atoms with Crippen LogP contribution in [0.2, 0.25) is 0 Å². The quantitative estimate of drug-likeness (QED) is 0.841. The molecule has 0 amide bonds. The van der Waals surface area contributed by atoms with Gasteiger partial charge < -0.3 is 5.32 Å². The summed E-state index contributed by atoms with van der Waals surface area (Å²) in [4.78, 5) is 2.87. The van der Waals surface area contributed by atoms with Gasteiger partial charge in [-0.3, -0.25) is 4.90 Å². The highest BCUT2D eigenvalue weighted by Gasteiger charge is 2.43. The molecule has 1 saturated heterocycles. The third-order valence-electron chi connectivity index (χ3n) is 6.36. The minimum atomic E-state index is 0.490. The van der Waals surface area contributed by atoms with Crippen LogP contribution in [-0.2, 0) is 0 Å². The second kappa shape index (κ2) is 5.37. The van der Waals surface area contributed by atoms with E-state index in [-0.39, 0.29) is 0 Å². The first kappa shape index (κ1) is 13.9. The molecule has 0 bridgehead atoms. The molecular weight excluding hydrogens is 232 g/mol. The monoisotopic (exact) mass is 264 g/mol. The van der Waals surface area contributed by atoms with Crippen LogP contribution in [0.3, 0.4) is 0 Å². The van der Waals surface area contributed by atoms with E-state index in [1.54, 1.807) is 0 Å². The highest BCUT2D eigenvalue weighted by molar-refractivity contribution is 4.98. The summed E-state index contributed by atoms with van der Waals surface area (Å²) < 4.78 is 0. The fourth-order valence-electron chi connectivity index (χ4n) is 5.43. The molecule has 0 aromatic heterocycles. The lowest BCUT2D eigenvalue weighted by Gasteiger charge is -2.41. The summed E-state index contributed by atoms with van der Waals surface area (Å²) in [6.45, 7) is 7.62. The molecule has 110 valence electrons. The van der Waals surface area contributed by atoms with Gasteiger partial charge in [-0.05, 0) is 69.4 Å². The fraction of sp³-hybridized carbons (Fsp3) is 1.00. The molecule has 2 heteroatoms. The molecule has 19 heavy (non-hydrogen) atoms. The lowest BCUT2D eigenvalue weighted by molar-refractivity contribution is 0.0854. The molecule has 0 aromatic rings. The summed E-state index contributed by atoms with van der Waals surface area (Å²) in [5.74, 6) is 1.91. The average Bonchev–Trinajstić information content (AvgIpc) is 2.94. The Labute approximate surface area is 119 Å². The molecule has 1 aliphatic heterocycles. The van der Waals surface area contributed by atoms with Gasteiger partial charge in [0.05, 0.1) is 0 Å². The van der Waals surface area contributed by atoms with Crippen LogP contribution >= 0.6 is 0 Å². The number of fused-ring (bicyclic) bond motifs is 1. The van der Waals surface area contributed by atoms with Crippen LogP contribution in [0.1, 0.15) is 58.8 Å². The van der Waals surface area contributed by atoms with Crippen molar-refractivity contribution in [2.24, 2.45) is 17.3 Å². The van der Waals surface area contributed by atoms with Gasteiger partial charge in [-0.1, -0.05) is 20.3 Å². The van der Waals surface area contributed by atoms with Crippen LogP contribution in [0.4, 0.5) is 0 Å². The number of likely N-dealkylation sites (tertiary alicyclic amines) is 1. The maximum atomic E-state index is 3.63. The Morgan fingerprint density at radius 3 is 2.68 bits per heavy atom. The number of hydrogen-bond donors (Lipinski definition) is 1. The van der Waals surface area contributed by atoms with E-state index in [9.17, 15) is 0 Å². The zero-order valence-corrected chi connectivity index (χ0v) is 13.1. The molecule has 2 saturated carbocycles. The van der Waals surface area contributed by atoms with E-state index in [4.69, 9.17) is 0 Å². The van der Waals surface area contributed by atoms with Crippen LogP contribution in [-0.4, -0.2) is 37.1 Å². The van der Waals surface area contributed by atoms with E-state index in [0.717, 1.165) is 17.9 Å². The zero-order valence-electron chi connectivity index (χ0n) is 13.1. The van der Waals surface area contributed by atoms with Gasteiger partial charge in [0.1, 0.15) is 0 Å². The van der Waals surface area contributed by atoms with Crippen molar-refractivity contribution in [3.63, 3.8) is 0 Å². The predicted molar refractivity (Wildman–Crippen MR) is 81.3 cm³/mol. The number of nitrogens with zero attached hydrogens (tertiary/aromatic N) is 1. The molecular formula is C17H32N2. The van der Waals surface area contributed by atoms with Crippen molar-refractivity contribution in [1.29, 1.82) is 0 Å². The smallest absolute Gasteiger partial charge is 0.0156 e. The molecule has 0 radical (unpaired) electrons. The van der Waals surface area contributed by atoms with E-state index < -0.39 is 0 Å². The normalized spacial score (nSPS) is 42.5. The molecule has 1 N–H and O–H groups in total. The predicted octanol–water partition coefficient (Wildman–Crippen LogP) is 3.28. The Morgan fingerprint density at radius 2 is 1.89 bits per heavy atom. The zero-order chi connectivity index (χ0) is 13.5. The second-order valence-electron chi connectivity index (χ2n) is 7.95. The van der Waals surface area contributed by atoms with Gasteiger partial charge in [-0.15, -0.1) is 0 Å². The van der Waals surface area contributed by atoms with Crippen LogP contribution in [0.5, 0.6) is 0 Å². The SMILES string of the molecule is CNC1C(CN2CCCC3CCCC32)CCC1(C)C. The number of rotatable bonds is 3. The Balaban J connectivity index is 1.64. The van der Waals surface area contributed by atoms with E-state index in [2.05, 4.69) is 31.1 Å². The van der Waals surface area contributed by atoms with Gasteiger partial charge in [0.25, 0.3) is 0 Å². The Kier molecular flexibility index (Phi) is 3.92. The summed E-state index contributed by atoms with van der Waals surface area (Å²) >= 11 is 0. The highest BCUT2D eigenvalue weighted by Crippen LogP contribution is 2.43. The maximum Gasteiger partial charge on any atom is 0.0156 e. The minimum Gasteiger partial charge on any atom is -0.316 e. The summed E-state index contributed by atoms with van der Waals surface area (Å²) in [6, 6.07) is 1.66. The molecule has 3 aliphatic rings. The average molecular weight is 264 g/mol. The molecule has 0 spiro atoms. The van der Waals surface area contributed by atoms with Crippen molar-refractivity contribution in [1.82, 2.24) is 10.2 Å². The van der Waals surface area contributed by atoms with Crippen LogP contribution in [0, 0.1) is 17.3 Å². The first-order valence-electron chi connectivity index (χ1n) is 8.53. The van der Waals surface area contributed by atoms with Gasteiger partial charge in [0.2, 0.25) is 0 Å². The van der Waals surface area contributed by atoms with Crippen LogP contribution < -0.4 is 5.32 Å². The first-order valence-corrected chi connectivity index (χ1v) is 8.53.